The Kier molecular flexibility index (Phi) is 4.45. The lowest BCUT2D eigenvalue weighted by molar-refractivity contribution is 1.08. The van der Waals surface area contributed by atoms with Crippen molar-refractivity contribution in [3.8, 4) is 22.6 Å². The molecule has 0 saturated heterocycles. The first-order valence-electron chi connectivity index (χ1n) is 12.6. The van der Waals surface area contributed by atoms with Crippen LogP contribution in [0.5, 0.6) is 0 Å². The van der Waals surface area contributed by atoms with Crippen LogP contribution in [0.25, 0.3) is 66.6 Å². The Morgan fingerprint density at radius 3 is 2.05 bits per heavy atom. The number of rotatable bonds is 3. The first-order chi connectivity index (χ1) is 18.9. The molecule has 38 heavy (non-hydrogen) atoms. The van der Waals surface area contributed by atoms with Crippen LogP contribution >= 0.6 is 0 Å². The Morgan fingerprint density at radius 2 is 1.18 bits per heavy atom. The number of pyridine rings is 3. The molecule has 0 atom stereocenters. The second-order valence-corrected chi connectivity index (χ2v) is 9.39. The van der Waals surface area contributed by atoms with Crippen LogP contribution in [0.4, 0.5) is 0 Å². The Labute approximate surface area is 218 Å². The van der Waals surface area contributed by atoms with Gasteiger partial charge in [0.1, 0.15) is 16.9 Å². The molecule has 0 N–H and O–H groups in total. The smallest absolute Gasteiger partial charge is 0.138 e. The van der Waals surface area contributed by atoms with Crippen molar-refractivity contribution >= 4 is 44.0 Å². The van der Waals surface area contributed by atoms with Crippen LogP contribution in [0.3, 0.4) is 0 Å². The van der Waals surface area contributed by atoms with E-state index >= 15 is 0 Å². The summed E-state index contributed by atoms with van der Waals surface area (Å²) in [6.45, 7) is 0. The van der Waals surface area contributed by atoms with Gasteiger partial charge in [-0.25, -0.2) is 9.97 Å². The van der Waals surface area contributed by atoms with E-state index in [1.807, 2.05) is 30.6 Å². The molecule has 0 fully saturated rings. The number of aromatic nitrogens is 5. The number of benzene rings is 3. The average molecular weight is 488 g/mol. The van der Waals surface area contributed by atoms with E-state index < -0.39 is 0 Å². The molecule has 0 radical (unpaired) electrons. The third kappa shape index (κ3) is 3.02. The van der Waals surface area contributed by atoms with Gasteiger partial charge in [0.25, 0.3) is 0 Å². The zero-order chi connectivity index (χ0) is 25.1. The number of nitrogens with zero attached hydrogens (tertiary/aromatic N) is 5. The number of para-hydroxylation sites is 2. The third-order valence-corrected chi connectivity index (χ3v) is 7.21. The van der Waals surface area contributed by atoms with Crippen molar-refractivity contribution in [2.24, 2.45) is 0 Å². The van der Waals surface area contributed by atoms with Crippen LogP contribution in [0.15, 0.2) is 128 Å². The molecule has 0 aliphatic heterocycles. The van der Waals surface area contributed by atoms with E-state index in [-0.39, 0.29) is 0 Å². The molecular weight excluding hydrogens is 466 g/mol. The molecule has 8 rings (SSSR count). The summed E-state index contributed by atoms with van der Waals surface area (Å²) in [6.07, 6.45) is 3.71. The minimum absolute atomic E-state index is 0.836. The van der Waals surface area contributed by atoms with E-state index in [0.29, 0.717) is 0 Å². The number of fused-ring (bicyclic) bond motifs is 6. The van der Waals surface area contributed by atoms with Gasteiger partial charge >= 0.3 is 0 Å². The Bertz CT molecular complexity index is 2120. The molecule has 3 aromatic carbocycles. The number of hydrogen-bond donors (Lipinski definition) is 0. The normalized spacial score (nSPS) is 11.7. The van der Waals surface area contributed by atoms with Gasteiger partial charge in [-0.1, -0.05) is 66.7 Å². The van der Waals surface area contributed by atoms with Gasteiger partial charge in [0.15, 0.2) is 0 Å². The highest BCUT2D eigenvalue weighted by molar-refractivity contribution is 6.14. The van der Waals surface area contributed by atoms with Crippen LogP contribution < -0.4 is 0 Å². The van der Waals surface area contributed by atoms with Crippen LogP contribution in [0, 0.1) is 0 Å². The first kappa shape index (κ1) is 20.9. The van der Waals surface area contributed by atoms with E-state index in [1.54, 1.807) is 0 Å². The van der Waals surface area contributed by atoms with Crippen molar-refractivity contribution in [3.63, 3.8) is 0 Å². The number of hydrogen-bond acceptors (Lipinski definition) is 3. The fourth-order valence-electron chi connectivity index (χ4n) is 5.55. The highest BCUT2D eigenvalue weighted by Gasteiger charge is 2.20. The van der Waals surface area contributed by atoms with Crippen molar-refractivity contribution in [3.05, 3.63) is 128 Å². The van der Waals surface area contributed by atoms with Gasteiger partial charge in [-0.2, -0.15) is 0 Å². The molecule has 5 heteroatoms. The van der Waals surface area contributed by atoms with Crippen LogP contribution in [0.1, 0.15) is 0 Å². The third-order valence-electron chi connectivity index (χ3n) is 7.21. The van der Waals surface area contributed by atoms with Gasteiger partial charge in [0, 0.05) is 23.5 Å². The molecule has 0 amide bonds. The van der Waals surface area contributed by atoms with Crippen LogP contribution in [0.2, 0.25) is 0 Å². The van der Waals surface area contributed by atoms with Gasteiger partial charge in [0.05, 0.1) is 27.6 Å². The molecule has 0 aliphatic carbocycles. The molecule has 0 unspecified atom stereocenters. The van der Waals surface area contributed by atoms with Crippen molar-refractivity contribution in [2.75, 3.05) is 0 Å². The van der Waals surface area contributed by atoms with Crippen molar-refractivity contribution in [2.45, 2.75) is 0 Å². The van der Waals surface area contributed by atoms with Gasteiger partial charge in [-0.15, -0.1) is 0 Å². The van der Waals surface area contributed by atoms with Crippen molar-refractivity contribution in [1.82, 2.24) is 24.1 Å². The zero-order valence-corrected chi connectivity index (χ0v) is 20.4. The van der Waals surface area contributed by atoms with E-state index in [2.05, 4.69) is 106 Å². The fraction of sp³-hybridized carbons (Fsp3) is 0. The quantitative estimate of drug-likeness (QED) is 0.256. The summed E-state index contributed by atoms with van der Waals surface area (Å²) >= 11 is 0. The molecule has 5 aromatic heterocycles. The highest BCUT2D eigenvalue weighted by atomic mass is 15.1. The second-order valence-electron chi connectivity index (χ2n) is 9.39. The van der Waals surface area contributed by atoms with Gasteiger partial charge < -0.3 is 4.57 Å². The standard InChI is InChI=1S/C33H21N5/c1-3-10-22(11-4-1)23-17-19-34-30(20-23)38-27-16-9-18-35-32(27)33-29(38)21-28-31(36-33)25-14-7-8-15-26(25)37(28)24-12-5-2-6-13-24/h1-21H. The average Bonchev–Trinajstić information content (AvgIpc) is 3.49. The van der Waals surface area contributed by atoms with Gasteiger partial charge in [-0.05, 0) is 59.7 Å². The SMILES string of the molecule is c1ccc(-c2ccnc(-n3c4cccnc4c4nc5c6ccccc6n(-c6ccccc6)c5cc43)c2)cc1. The predicted octanol–water partition coefficient (Wildman–Crippen LogP) is 7.73. The molecule has 0 aliphatic rings. The molecule has 8 aromatic rings. The van der Waals surface area contributed by atoms with Gasteiger partial charge in [0.2, 0.25) is 0 Å². The monoisotopic (exact) mass is 487 g/mol. The second kappa shape index (κ2) is 8.11. The summed E-state index contributed by atoms with van der Waals surface area (Å²) in [5.41, 5.74) is 10.2. The fourth-order valence-corrected chi connectivity index (χ4v) is 5.55. The Morgan fingerprint density at radius 1 is 0.447 bits per heavy atom. The predicted molar refractivity (Wildman–Crippen MR) is 154 cm³/mol. The first-order valence-corrected chi connectivity index (χ1v) is 12.6. The van der Waals surface area contributed by atoms with Gasteiger partial charge in [-0.3, -0.25) is 9.55 Å². The van der Waals surface area contributed by atoms with Crippen LogP contribution in [-0.4, -0.2) is 24.1 Å². The minimum atomic E-state index is 0.836. The Balaban J connectivity index is 1.50. The van der Waals surface area contributed by atoms with Crippen molar-refractivity contribution < 1.29 is 0 Å². The lowest BCUT2D eigenvalue weighted by Gasteiger charge is -2.10. The lowest BCUT2D eigenvalue weighted by atomic mass is 10.1. The van der Waals surface area contributed by atoms with Crippen LogP contribution in [-0.2, 0) is 0 Å². The summed E-state index contributed by atoms with van der Waals surface area (Å²) in [4.78, 5) is 14.9. The maximum atomic E-state index is 5.27. The molecule has 0 spiro atoms. The van der Waals surface area contributed by atoms with E-state index in [0.717, 1.165) is 66.6 Å². The summed E-state index contributed by atoms with van der Waals surface area (Å²) in [5, 5.41) is 1.12. The largest absolute Gasteiger partial charge is 0.308 e. The summed E-state index contributed by atoms with van der Waals surface area (Å²) < 4.78 is 4.48. The minimum Gasteiger partial charge on any atom is -0.308 e. The molecule has 5 nitrogen and oxygen atoms in total. The molecular formula is C33H21N5. The Hall–Kier alpha value is -5.29. The molecule has 0 bridgehead atoms. The summed E-state index contributed by atoms with van der Waals surface area (Å²) in [5.74, 6) is 0.836. The maximum Gasteiger partial charge on any atom is 0.138 e. The van der Waals surface area contributed by atoms with E-state index in [4.69, 9.17) is 15.0 Å². The van der Waals surface area contributed by atoms with E-state index in [9.17, 15) is 0 Å². The lowest BCUT2D eigenvalue weighted by Crippen LogP contribution is -1.99. The van der Waals surface area contributed by atoms with E-state index in [1.165, 1.54) is 0 Å². The molecule has 178 valence electrons. The highest BCUT2D eigenvalue weighted by Crippen LogP contribution is 2.37. The molecule has 0 saturated carbocycles. The molecule has 5 heterocycles. The summed E-state index contributed by atoms with van der Waals surface area (Å²) in [6, 6.07) is 39.8. The van der Waals surface area contributed by atoms with Crippen molar-refractivity contribution in [1.29, 1.82) is 0 Å². The summed E-state index contributed by atoms with van der Waals surface area (Å²) in [7, 11) is 0. The topological polar surface area (TPSA) is 48.5 Å². The maximum absolute atomic E-state index is 5.27. The zero-order valence-electron chi connectivity index (χ0n) is 20.4.